The van der Waals surface area contributed by atoms with Crippen LogP contribution in [-0.4, -0.2) is 26.2 Å². The molecule has 0 aliphatic carbocycles. The molecule has 7 nitrogen and oxygen atoms in total. The molecule has 0 saturated heterocycles. The van der Waals surface area contributed by atoms with Crippen molar-refractivity contribution in [3.8, 4) is 0 Å². The lowest BCUT2D eigenvalue weighted by atomic mass is 10.1. The summed E-state index contributed by atoms with van der Waals surface area (Å²) >= 11 is 0. The van der Waals surface area contributed by atoms with Crippen LogP contribution in [0.25, 0.3) is 5.52 Å². The second kappa shape index (κ2) is 8.16. The maximum atomic E-state index is 12.9. The van der Waals surface area contributed by atoms with Crippen molar-refractivity contribution in [2.75, 3.05) is 5.32 Å². The Hall–Kier alpha value is -4.00. The Kier molecular flexibility index (Phi) is 5.26. The number of nitrogens with zero attached hydrogens (tertiary/aromatic N) is 3. The van der Waals surface area contributed by atoms with Crippen LogP contribution in [0.3, 0.4) is 0 Å². The number of hydrogen-bond donors (Lipinski definition) is 2. The zero-order chi connectivity index (χ0) is 21.1. The minimum Gasteiger partial charge on any atom is -0.345 e. The van der Waals surface area contributed by atoms with Gasteiger partial charge in [-0.1, -0.05) is 12.1 Å². The molecule has 4 rings (SSSR count). The Morgan fingerprint density at radius 2 is 1.77 bits per heavy atom. The standard InChI is InChI=1S/C23H21N5O2/c1-15-6-7-18(13-16(15)2)26-22(29)20-19-5-3-4-12-28(19)21(27-20)23(30)25-14-17-8-10-24-11-9-17/h3-13H,14H2,1-2H3,(H,25,30)(H,26,29). The molecule has 2 amide bonds. The van der Waals surface area contributed by atoms with Crippen LogP contribution >= 0.6 is 0 Å². The van der Waals surface area contributed by atoms with Crippen molar-refractivity contribution in [2.24, 2.45) is 0 Å². The summed E-state index contributed by atoms with van der Waals surface area (Å²) in [6.45, 7) is 4.34. The van der Waals surface area contributed by atoms with Gasteiger partial charge in [0, 0.05) is 30.8 Å². The van der Waals surface area contributed by atoms with Crippen molar-refractivity contribution in [2.45, 2.75) is 20.4 Å². The molecule has 0 atom stereocenters. The van der Waals surface area contributed by atoms with E-state index < -0.39 is 0 Å². The highest BCUT2D eigenvalue weighted by Gasteiger charge is 2.21. The van der Waals surface area contributed by atoms with Crippen LogP contribution in [-0.2, 0) is 6.54 Å². The first-order chi connectivity index (χ1) is 14.5. The molecule has 0 radical (unpaired) electrons. The van der Waals surface area contributed by atoms with Gasteiger partial charge >= 0.3 is 0 Å². The summed E-state index contributed by atoms with van der Waals surface area (Å²) in [6.07, 6.45) is 5.06. The highest BCUT2D eigenvalue weighted by molar-refractivity contribution is 6.09. The molecule has 30 heavy (non-hydrogen) atoms. The molecule has 3 aromatic heterocycles. The van der Waals surface area contributed by atoms with E-state index in [4.69, 9.17) is 0 Å². The van der Waals surface area contributed by atoms with Crippen LogP contribution in [0, 0.1) is 13.8 Å². The van der Waals surface area contributed by atoms with Crippen LogP contribution in [0.15, 0.2) is 67.1 Å². The molecule has 0 saturated carbocycles. The maximum absolute atomic E-state index is 12.9. The van der Waals surface area contributed by atoms with Gasteiger partial charge in [-0.25, -0.2) is 4.98 Å². The van der Waals surface area contributed by atoms with Gasteiger partial charge in [-0.2, -0.15) is 0 Å². The Balaban J connectivity index is 1.60. The molecule has 0 bridgehead atoms. The van der Waals surface area contributed by atoms with Gasteiger partial charge in [0.2, 0.25) is 5.82 Å². The monoisotopic (exact) mass is 399 g/mol. The fourth-order valence-electron chi connectivity index (χ4n) is 3.14. The molecule has 0 spiro atoms. The average Bonchev–Trinajstić information content (AvgIpc) is 3.15. The van der Waals surface area contributed by atoms with E-state index >= 15 is 0 Å². The third kappa shape index (κ3) is 3.91. The molecule has 150 valence electrons. The molecule has 4 aromatic rings. The zero-order valence-electron chi connectivity index (χ0n) is 16.7. The van der Waals surface area contributed by atoms with Gasteiger partial charge in [-0.3, -0.25) is 19.0 Å². The number of fused-ring (bicyclic) bond motifs is 1. The Morgan fingerprint density at radius 1 is 0.967 bits per heavy atom. The van der Waals surface area contributed by atoms with Gasteiger partial charge in [0.15, 0.2) is 5.69 Å². The first-order valence-corrected chi connectivity index (χ1v) is 9.56. The number of rotatable bonds is 5. The lowest BCUT2D eigenvalue weighted by Crippen LogP contribution is -2.25. The lowest BCUT2D eigenvalue weighted by molar-refractivity contribution is 0.0940. The van der Waals surface area contributed by atoms with Crippen molar-refractivity contribution in [1.29, 1.82) is 0 Å². The van der Waals surface area contributed by atoms with E-state index in [2.05, 4.69) is 20.6 Å². The van der Waals surface area contributed by atoms with E-state index in [1.165, 1.54) is 0 Å². The lowest BCUT2D eigenvalue weighted by Gasteiger charge is -2.06. The molecule has 0 aliphatic heterocycles. The number of anilines is 1. The second-order valence-corrected chi connectivity index (χ2v) is 7.03. The van der Waals surface area contributed by atoms with E-state index in [-0.39, 0.29) is 23.3 Å². The topological polar surface area (TPSA) is 88.4 Å². The highest BCUT2D eigenvalue weighted by atomic mass is 16.2. The molecular weight excluding hydrogens is 378 g/mol. The summed E-state index contributed by atoms with van der Waals surface area (Å²) in [7, 11) is 0. The molecule has 1 aromatic carbocycles. The van der Waals surface area contributed by atoms with Crippen molar-refractivity contribution in [3.05, 3.63) is 95.3 Å². The molecule has 2 N–H and O–H groups in total. The predicted octanol–water partition coefficient (Wildman–Crippen LogP) is 3.53. The molecule has 7 heteroatoms. The number of amides is 2. The van der Waals surface area contributed by atoms with Crippen LogP contribution in [0.2, 0.25) is 0 Å². The molecule has 3 heterocycles. The third-order valence-electron chi connectivity index (χ3n) is 4.93. The first kappa shape index (κ1) is 19.3. The number of pyridine rings is 2. The number of aryl methyl sites for hydroxylation is 2. The maximum Gasteiger partial charge on any atom is 0.287 e. The fraction of sp³-hybridized carbons (Fsp3) is 0.130. The van der Waals surface area contributed by atoms with Gasteiger partial charge in [-0.15, -0.1) is 0 Å². The van der Waals surface area contributed by atoms with Crippen LogP contribution in [0.1, 0.15) is 37.8 Å². The van der Waals surface area contributed by atoms with Gasteiger partial charge < -0.3 is 10.6 Å². The summed E-state index contributed by atoms with van der Waals surface area (Å²) < 4.78 is 1.62. The summed E-state index contributed by atoms with van der Waals surface area (Å²) in [5.41, 5.74) is 4.60. The largest absolute Gasteiger partial charge is 0.345 e. The average molecular weight is 399 g/mol. The predicted molar refractivity (Wildman–Crippen MR) is 114 cm³/mol. The number of carbonyl (C=O) groups excluding carboxylic acids is 2. The van der Waals surface area contributed by atoms with Crippen molar-refractivity contribution >= 4 is 23.0 Å². The molecule has 0 unspecified atom stereocenters. The molecule has 0 aliphatic rings. The van der Waals surface area contributed by atoms with Gasteiger partial charge in [0.25, 0.3) is 11.8 Å². The first-order valence-electron chi connectivity index (χ1n) is 9.56. The highest BCUT2D eigenvalue weighted by Crippen LogP contribution is 2.18. The van der Waals surface area contributed by atoms with Crippen LogP contribution < -0.4 is 10.6 Å². The summed E-state index contributed by atoms with van der Waals surface area (Å²) in [5, 5.41) is 5.72. The Bertz CT molecular complexity index is 1230. The normalized spacial score (nSPS) is 10.7. The minimum atomic E-state index is -0.366. The molecule has 0 fully saturated rings. The number of imidazole rings is 1. The summed E-state index contributed by atoms with van der Waals surface area (Å²) in [6, 6.07) is 14.7. The van der Waals surface area contributed by atoms with E-state index in [0.717, 1.165) is 16.7 Å². The number of aromatic nitrogens is 3. The van der Waals surface area contributed by atoms with Crippen molar-refractivity contribution in [1.82, 2.24) is 19.7 Å². The Labute approximate surface area is 173 Å². The van der Waals surface area contributed by atoms with Crippen molar-refractivity contribution < 1.29 is 9.59 Å². The molecular formula is C23H21N5O2. The van der Waals surface area contributed by atoms with E-state index in [1.54, 1.807) is 35.1 Å². The van der Waals surface area contributed by atoms with Crippen LogP contribution in [0.5, 0.6) is 0 Å². The smallest absolute Gasteiger partial charge is 0.287 e. The van der Waals surface area contributed by atoms with E-state index in [1.807, 2.05) is 50.2 Å². The number of carbonyl (C=O) groups is 2. The van der Waals surface area contributed by atoms with Gasteiger partial charge in [-0.05, 0) is 66.9 Å². The SMILES string of the molecule is Cc1ccc(NC(=O)c2nc(C(=O)NCc3ccncc3)n3ccccc23)cc1C. The van der Waals surface area contributed by atoms with E-state index in [9.17, 15) is 9.59 Å². The summed E-state index contributed by atoms with van der Waals surface area (Å²) in [5.74, 6) is -0.571. The number of hydrogen-bond acceptors (Lipinski definition) is 4. The number of benzene rings is 1. The zero-order valence-corrected chi connectivity index (χ0v) is 16.7. The Morgan fingerprint density at radius 3 is 2.53 bits per heavy atom. The van der Waals surface area contributed by atoms with Gasteiger partial charge in [0.05, 0.1) is 5.52 Å². The summed E-state index contributed by atoms with van der Waals surface area (Å²) in [4.78, 5) is 34.0. The minimum absolute atomic E-state index is 0.157. The second-order valence-electron chi connectivity index (χ2n) is 7.03. The quantitative estimate of drug-likeness (QED) is 0.537. The number of nitrogens with one attached hydrogen (secondary N) is 2. The van der Waals surface area contributed by atoms with Gasteiger partial charge in [0.1, 0.15) is 0 Å². The van der Waals surface area contributed by atoms with Crippen LogP contribution in [0.4, 0.5) is 5.69 Å². The third-order valence-corrected chi connectivity index (χ3v) is 4.93. The van der Waals surface area contributed by atoms with E-state index in [0.29, 0.717) is 17.7 Å². The fourth-order valence-corrected chi connectivity index (χ4v) is 3.14. The van der Waals surface area contributed by atoms with Crippen molar-refractivity contribution in [3.63, 3.8) is 0 Å².